The van der Waals surface area contributed by atoms with E-state index >= 15 is 0 Å². The molecule has 2 rings (SSSR count). The maximum Gasteiger partial charge on any atom is 0.0477 e. The molecule has 1 aromatic carbocycles. The van der Waals surface area contributed by atoms with Crippen LogP contribution in [-0.4, -0.2) is 0 Å². The molecule has 0 spiro atoms. The first-order chi connectivity index (χ1) is 6.85. The minimum absolute atomic E-state index is 0.579. The summed E-state index contributed by atoms with van der Waals surface area (Å²) in [6, 6.07) is 4.50. The van der Waals surface area contributed by atoms with E-state index in [2.05, 4.69) is 12.1 Å². The van der Waals surface area contributed by atoms with Crippen LogP contribution in [0.3, 0.4) is 0 Å². The molecule has 2 heteroatoms. The number of hydrogen-bond acceptors (Lipinski definition) is 0. The molecular weight excluding hydrogens is 215 g/mol. The maximum absolute atomic E-state index is 5.89. The van der Waals surface area contributed by atoms with Gasteiger partial charge in [0.15, 0.2) is 0 Å². The zero-order chi connectivity index (χ0) is 9.97. The van der Waals surface area contributed by atoms with Gasteiger partial charge in [0.05, 0.1) is 0 Å². The molecule has 0 atom stereocenters. The van der Waals surface area contributed by atoms with Gasteiger partial charge in [-0.05, 0) is 47.9 Å². The van der Waals surface area contributed by atoms with Crippen molar-refractivity contribution in [1.82, 2.24) is 0 Å². The number of benzene rings is 1. The van der Waals surface area contributed by atoms with E-state index in [9.17, 15) is 0 Å². The normalized spacial score (nSPS) is 15.3. The summed E-state index contributed by atoms with van der Waals surface area (Å²) in [6.07, 6.45) is 5.05. The van der Waals surface area contributed by atoms with Crippen molar-refractivity contribution in [3.8, 4) is 0 Å². The fourth-order valence-electron chi connectivity index (χ4n) is 2.14. The fraction of sp³-hybridized carbons (Fsp3) is 0.500. The van der Waals surface area contributed by atoms with E-state index in [1.165, 1.54) is 47.9 Å². The van der Waals surface area contributed by atoms with Crippen molar-refractivity contribution in [3.05, 3.63) is 34.4 Å². The van der Waals surface area contributed by atoms with Gasteiger partial charge in [-0.2, -0.15) is 0 Å². The fourth-order valence-corrected chi connectivity index (χ4v) is 2.63. The topological polar surface area (TPSA) is 0 Å². The first-order valence-electron chi connectivity index (χ1n) is 5.10. The molecule has 0 nitrogen and oxygen atoms in total. The monoisotopic (exact) mass is 228 g/mol. The molecule has 0 bridgehead atoms. The van der Waals surface area contributed by atoms with E-state index in [-0.39, 0.29) is 0 Å². The summed E-state index contributed by atoms with van der Waals surface area (Å²) in [7, 11) is 0. The Bertz CT molecular complexity index is 287. The van der Waals surface area contributed by atoms with E-state index in [1.54, 1.807) is 0 Å². The van der Waals surface area contributed by atoms with Crippen molar-refractivity contribution in [2.45, 2.75) is 37.4 Å². The lowest BCUT2D eigenvalue weighted by atomic mass is 9.89. The molecule has 0 N–H and O–H groups in total. The molecule has 0 heterocycles. The molecule has 14 heavy (non-hydrogen) atoms. The summed E-state index contributed by atoms with van der Waals surface area (Å²) >= 11 is 11.8. The van der Waals surface area contributed by atoms with E-state index in [0.29, 0.717) is 11.8 Å². The largest absolute Gasteiger partial charge is 0.122 e. The zero-order valence-electron chi connectivity index (χ0n) is 8.15. The number of fused-ring (bicyclic) bond motifs is 1. The van der Waals surface area contributed by atoms with Gasteiger partial charge in [0.25, 0.3) is 0 Å². The Morgan fingerprint density at radius 1 is 0.857 bits per heavy atom. The predicted octanol–water partition coefficient (Wildman–Crippen LogP) is 4.04. The molecule has 1 aromatic rings. The lowest BCUT2D eigenvalue weighted by Gasteiger charge is -2.18. The van der Waals surface area contributed by atoms with Gasteiger partial charge in [-0.3, -0.25) is 0 Å². The molecular formula is C12H14Cl2. The highest BCUT2D eigenvalue weighted by molar-refractivity contribution is 6.18. The lowest BCUT2D eigenvalue weighted by Crippen LogP contribution is -2.05. The van der Waals surface area contributed by atoms with E-state index < -0.39 is 0 Å². The molecule has 0 unspecified atom stereocenters. The second kappa shape index (κ2) is 4.55. The summed E-state index contributed by atoms with van der Waals surface area (Å²) in [6.45, 7) is 0. The summed E-state index contributed by atoms with van der Waals surface area (Å²) in [5.41, 5.74) is 5.39. The van der Waals surface area contributed by atoms with Gasteiger partial charge in [-0.1, -0.05) is 12.1 Å². The molecule has 0 fully saturated rings. The highest BCUT2D eigenvalue weighted by Gasteiger charge is 2.12. The first kappa shape index (κ1) is 10.3. The van der Waals surface area contributed by atoms with Crippen LogP contribution in [0.2, 0.25) is 0 Å². The van der Waals surface area contributed by atoms with Crippen LogP contribution in [0.4, 0.5) is 0 Å². The van der Waals surface area contributed by atoms with Gasteiger partial charge >= 0.3 is 0 Å². The molecule has 0 radical (unpaired) electrons. The Labute approximate surface area is 95.2 Å². The number of aryl methyl sites for hydroxylation is 2. The minimum atomic E-state index is 0.579. The van der Waals surface area contributed by atoms with Crippen molar-refractivity contribution in [3.63, 3.8) is 0 Å². The maximum atomic E-state index is 5.89. The van der Waals surface area contributed by atoms with E-state index in [1.807, 2.05) is 0 Å². The molecule has 1 aliphatic carbocycles. The molecule has 0 amide bonds. The first-order valence-corrected chi connectivity index (χ1v) is 6.17. The third kappa shape index (κ3) is 1.92. The number of halogens is 2. The van der Waals surface area contributed by atoms with Crippen LogP contribution < -0.4 is 0 Å². The molecule has 0 saturated heterocycles. The Hall–Kier alpha value is -0.200. The third-order valence-corrected chi connectivity index (χ3v) is 3.53. The van der Waals surface area contributed by atoms with Gasteiger partial charge in [0, 0.05) is 11.8 Å². The third-order valence-electron chi connectivity index (χ3n) is 2.95. The van der Waals surface area contributed by atoms with Crippen LogP contribution in [0.5, 0.6) is 0 Å². The van der Waals surface area contributed by atoms with Crippen LogP contribution in [0.1, 0.15) is 35.1 Å². The average Bonchev–Trinajstić information content (AvgIpc) is 2.27. The smallest absolute Gasteiger partial charge is 0.0477 e. The zero-order valence-corrected chi connectivity index (χ0v) is 9.67. The molecule has 0 aliphatic heterocycles. The van der Waals surface area contributed by atoms with Crippen molar-refractivity contribution in [1.29, 1.82) is 0 Å². The average molecular weight is 229 g/mol. The van der Waals surface area contributed by atoms with Crippen LogP contribution in [-0.2, 0) is 24.6 Å². The summed E-state index contributed by atoms with van der Waals surface area (Å²) in [5, 5.41) is 0. The minimum Gasteiger partial charge on any atom is -0.122 e. The second-order valence-corrected chi connectivity index (χ2v) is 4.40. The van der Waals surface area contributed by atoms with E-state index in [0.717, 1.165) is 0 Å². The highest BCUT2D eigenvalue weighted by Crippen LogP contribution is 2.26. The van der Waals surface area contributed by atoms with Crippen molar-refractivity contribution < 1.29 is 0 Å². The van der Waals surface area contributed by atoms with Crippen LogP contribution in [0.15, 0.2) is 12.1 Å². The van der Waals surface area contributed by atoms with Gasteiger partial charge in [0.1, 0.15) is 0 Å². The Morgan fingerprint density at radius 2 is 1.29 bits per heavy atom. The Morgan fingerprint density at radius 3 is 1.64 bits per heavy atom. The quantitative estimate of drug-likeness (QED) is 0.671. The summed E-state index contributed by atoms with van der Waals surface area (Å²) in [5.74, 6) is 1.16. The van der Waals surface area contributed by atoms with Crippen molar-refractivity contribution >= 4 is 23.2 Å². The van der Waals surface area contributed by atoms with E-state index in [4.69, 9.17) is 23.2 Å². The standard InChI is InChI=1S/C12H14Cl2/c13-7-11-5-9-3-1-2-4-10(9)6-12(11)8-14/h5-6H,1-4,7-8H2. The number of hydrogen-bond donors (Lipinski definition) is 0. The van der Waals surface area contributed by atoms with Crippen LogP contribution >= 0.6 is 23.2 Å². The van der Waals surface area contributed by atoms with Gasteiger partial charge in [-0.25, -0.2) is 0 Å². The van der Waals surface area contributed by atoms with Crippen molar-refractivity contribution in [2.75, 3.05) is 0 Å². The summed E-state index contributed by atoms with van der Waals surface area (Å²) in [4.78, 5) is 0. The van der Waals surface area contributed by atoms with Crippen molar-refractivity contribution in [2.24, 2.45) is 0 Å². The lowest BCUT2D eigenvalue weighted by molar-refractivity contribution is 0.684. The predicted molar refractivity (Wildman–Crippen MR) is 62.2 cm³/mol. The van der Waals surface area contributed by atoms with Crippen LogP contribution in [0, 0.1) is 0 Å². The number of alkyl halides is 2. The van der Waals surface area contributed by atoms with Gasteiger partial charge in [0.2, 0.25) is 0 Å². The Balaban J connectivity index is 2.43. The molecule has 76 valence electrons. The van der Waals surface area contributed by atoms with Gasteiger partial charge in [-0.15, -0.1) is 23.2 Å². The second-order valence-electron chi connectivity index (χ2n) is 3.86. The number of rotatable bonds is 2. The summed E-state index contributed by atoms with van der Waals surface area (Å²) < 4.78 is 0. The highest BCUT2D eigenvalue weighted by atomic mass is 35.5. The van der Waals surface area contributed by atoms with Gasteiger partial charge < -0.3 is 0 Å². The van der Waals surface area contributed by atoms with Crippen LogP contribution in [0.25, 0.3) is 0 Å². The Kier molecular flexibility index (Phi) is 3.35. The SMILES string of the molecule is ClCc1cc2c(cc1CCl)CCCC2. The molecule has 0 saturated carbocycles. The molecule has 1 aliphatic rings. The molecule has 0 aromatic heterocycles.